The zero-order valence-electron chi connectivity index (χ0n) is 16.5. The van der Waals surface area contributed by atoms with Crippen LogP contribution in [0.2, 0.25) is 0 Å². The van der Waals surface area contributed by atoms with Crippen molar-refractivity contribution in [3.8, 4) is 5.75 Å². The number of ether oxygens (including phenoxy) is 1. The third kappa shape index (κ3) is 7.61. The highest BCUT2D eigenvalue weighted by Crippen LogP contribution is 2.19. The lowest BCUT2D eigenvalue weighted by Crippen LogP contribution is -2.30. The van der Waals surface area contributed by atoms with Crippen LogP contribution in [0.5, 0.6) is 5.75 Å². The number of hydrogen-bond acceptors (Lipinski definition) is 7. The van der Waals surface area contributed by atoms with Gasteiger partial charge in [0.25, 0.3) is 0 Å². The van der Waals surface area contributed by atoms with E-state index in [-0.39, 0.29) is 49.9 Å². The lowest BCUT2D eigenvalue weighted by Gasteiger charge is -2.22. The van der Waals surface area contributed by atoms with E-state index in [2.05, 4.69) is 0 Å². The van der Waals surface area contributed by atoms with Crippen LogP contribution in [0.1, 0.15) is 38.0 Å². The lowest BCUT2D eigenvalue weighted by atomic mass is 10.1. The summed E-state index contributed by atoms with van der Waals surface area (Å²) < 4.78 is 38.6. The van der Waals surface area contributed by atoms with Crippen LogP contribution in [0.25, 0.3) is 0 Å². The molecule has 29 heavy (non-hydrogen) atoms. The van der Waals surface area contributed by atoms with Crippen LogP contribution in [0.3, 0.4) is 0 Å². The van der Waals surface area contributed by atoms with Crippen LogP contribution in [-0.4, -0.2) is 37.6 Å². The second-order valence-electron chi connectivity index (χ2n) is 6.21. The molecule has 0 bridgehead atoms. The number of carbonyl (C=O) groups is 2. The van der Waals surface area contributed by atoms with Gasteiger partial charge in [0.15, 0.2) is 0 Å². The van der Waals surface area contributed by atoms with Crippen molar-refractivity contribution in [3.05, 3.63) is 54.0 Å². The Hall–Kier alpha value is -2.81. The van der Waals surface area contributed by atoms with Crippen molar-refractivity contribution in [1.29, 1.82) is 0 Å². The van der Waals surface area contributed by atoms with Crippen molar-refractivity contribution in [2.24, 2.45) is 0 Å². The molecule has 8 nitrogen and oxygen atoms in total. The highest BCUT2D eigenvalue weighted by molar-refractivity contribution is 7.87. The second kappa shape index (κ2) is 10.7. The van der Waals surface area contributed by atoms with Crippen molar-refractivity contribution in [1.82, 2.24) is 4.90 Å². The molecule has 0 atom stereocenters. The molecule has 1 heterocycles. The first-order valence-electron chi connectivity index (χ1n) is 9.29. The molecule has 0 N–H and O–H groups in total. The van der Waals surface area contributed by atoms with Gasteiger partial charge in [-0.15, -0.1) is 0 Å². The van der Waals surface area contributed by atoms with Crippen LogP contribution in [-0.2, 0) is 37.5 Å². The van der Waals surface area contributed by atoms with Crippen LogP contribution < -0.4 is 4.18 Å². The molecule has 0 saturated heterocycles. The lowest BCUT2D eigenvalue weighted by molar-refractivity contribution is -0.146. The summed E-state index contributed by atoms with van der Waals surface area (Å²) in [6.07, 6.45) is 1.50. The van der Waals surface area contributed by atoms with Gasteiger partial charge in [-0.25, -0.2) is 0 Å². The first-order valence-corrected chi connectivity index (χ1v) is 10.9. The summed E-state index contributed by atoms with van der Waals surface area (Å²) in [4.78, 5) is 25.8. The Morgan fingerprint density at radius 1 is 1.07 bits per heavy atom. The number of benzene rings is 1. The van der Waals surface area contributed by atoms with E-state index in [0.717, 1.165) is 0 Å². The van der Waals surface area contributed by atoms with E-state index >= 15 is 0 Å². The van der Waals surface area contributed by atoms with Gasteiger partial charge in [0.2, 0.25) is 5.91 Å². The van der Waals surface area contributed by atoms with Gasteiger partial charge in [-0.3, -0.25) is 9.59 Å². The van der Waals surface area contributed by atoms with Crippen LogP contribution in [0, 0.1) is 0 Å². The number of furan rings is 1. The molecule has 0 unspecified atom stereocenters. The van der Waals surface area contributed by atoms with Gasteiger partial charge in [0.05, 0.1) is 31.6 Å². The molecule has 0 radical (unpaired) electrons. The molecular weight excluding hydrogens is 398 g/mol. The normalized spacial score (nSPS) is 11.1. The Balaban J connectivity index is 2.12. The Morgan fingerprint density at radius 3 is 2.52 bits per heavy atom. The number of nitrogens with zero attached hydrogens (tertiary/aromatic N) is 1. The topological polar surface area (TPSA) is 103 Å². The maximum Gasteiger partial charge on any atom is 0.308 e. The molecule has 2 rings (SSSR count). The minimum atomic E-state index is -3.65. The third-order valence-electron chi connectivity index (χ3n) is 3.98. The van der Waals surface area contributed by atoms with Gasteiger partial charge < -0.3 is 18.2 Å². The monoisotopic (exact) mass is 423 g/mol. The highest BCUT2D eigenvalue weighted by atomic mass is 32.2. The van der Waals surface area contributed by atoms with Crippen LogP contribution >= 0.6 is 0 Å². The van der Waals surface area contributed by atoms with E-state index in [9.17, 15) is 18.0 Å². The molecule has 1 aromatic carbocycles. The molecule has 1 aromatic heterocycles. The van der Waals surface area contributed by atoms with Gasteiger partial charge >= 0.3 is 16.1 Å². The van der Waals surface area contributed by atoms with Crippen molar-refractivity contribution in [3.63, 3.8) is 0 Å². The summed E-state index contributed by atoms with van der Waals surface area (Å²) in [5.74, 6) is -0.0496. The Kier molecular flexibility index (Phi) is 8.26. The average molecular weight is 423 g/mol. The maximum absolute atomic E-state index is 12.7. The van der Waals surface area contributed by atoms with E-state index in [1.807, 2.05) is 0 Å². The molecule has 0 spiro atoms. The largest absolute Gasteiger partial charge is 0.467 e. The van der Waals surface area contributed by atoms with E-state index in [1.54, 1.807) is 37.3 Å². The molecule has 0 saturated carbocycles. The summed E-state index contributed by atoms with van der Waals surface area (Å²) in [6.45, 7) is 3.87. The molecule has 0 fully saturated rings. The summed E-state index contributed by atoms with van der Waals surface area (Å²) in [6, 6.07) is 10.00. The zero-order valence-corrected chi connectivity index (χ0v) is 17.3. The van der Waals surface area contributed by atoms with Crippen molar-refractivity contribution in [2.75, 3.05) is 12.4 Å². The average Bonchev–Trinajstić information content (AvgIpc) is 3.19. The van der Waals surface area contributed by atoms with Crippen molar-refractivity contribution < 1.29 is 31.3 Å². The smallest absolute Gasteiger partial charge is 0.308 e. The Morgan fingerprint density at radius 2 is 1.86 bits per heavy atom. The van der Waals surface area contributed by atoms with Crippen molar-refractivity contribution >= 4 is 22.0 Å². The van der Waals surface area contributed by atoms with Crippen LogP contribution in [0.15, 0.2) is 47.1 Å². The number of amides is 1. The number of esters is 1. The molecule has 0 aliphatic carbocycles. The molecule has 158 valence electrons. The van der Waals surface area contributed by atoms with Gasteiger partial charge in [-0.1, -0.05) is 12.1 Å². The van der Waals surface area contributed by atoms with Crippen molar-refractivity contribution in [2.45, 2.75) is 39.8 Å². The van der Waals surface area contributed by atoms with Crippen LogP contribution in [0.4, 0.5) is 0 Å². The fourth-order valence-electron chi connectivity index (χ4n) is 2.54. The predicted octanol–water partition coefficient (Wildman–Crippen LogP) is 2.88. The quantitative estimate of drug-likeness (QED) is 0.404. The first-order chi connectivity index (χ1) is 13.8. The van der Waals surface area contributed by atoms with E-state index in [1.165, 1.54) is 24.2 Å². The standard InChI is InChI=1S/C20H25NO7S/c1-3-26-20(23)11-10-19(22)21(15-18-9-6-12-27-18)14-16-7-5-8-17(13-16)28-29(24,25)4-2/h5-9,12-13H,3-4,10-11,14-15H2,1-2H3. The zero-order chi connectivity index (χ0) is 21.3. The molecule has 1 amide bonds. The molecular formula is C20H25NO7S. The summed E-state index contributed by atoms with van der Waals surface area (Å²) >= 11 is 0. The van der Waals surface area contributed by atoms with Gasteiger partial charge in [0.1, 0.15) is 11.5 Å². The number of hydrogen-bond donors (Lipinski definition) is 0. The molecule has 0 aliphatic heterocycles. The predicted molar refractivity (Wildman–Crippen MR) is 105 cm³/mol. The molecule has 9 heteroatoms. The maximum atomic E-state index is 12.7. The van der Waals surface area contributed by atoms with E-state index in [0.29, 0.717) is 11.3 Å². The SMILES string of the molecule is CCOC(=O)CCC(=O)N(Cc1cccc(OS(=O)(=O)CC)c1)Cc1ccco1. The number of rotatable bonds is 11. The van der Waals surface area contributed by atoms with Gasteiger partial charge in [0, 0.05) is 13.0 Å². The third-order valence-corrected chi connectivity index (χ3v) is 5.13. The Bertz CT molecular complexity index is 907. The molecule has 0 aliphatic rings. The van der Waals surface area contributed by atoms with E-state index < -0.39 is 16.1 Å². The second-order valence-corrected chi connectivity index (χ2v) is 8.07. The Labute approximate surface area is 170 Å². The molecule has 2 aromatic rings. The highest BCUT2D eigenvalue weighted by Gasteiger charge is 2.18. The summed E-state index contributed by atoms with van der Waals surface area (Å²) in [5, 5.41) is 0. The minimum Gasteiger partial charge on any atom is -0.467 e. The summed E-state index contributed by atoms with van der Waals surface area (Å²) in [5.41, 5.74) is 0.685. The summed E-state index contributed by atoms with van der Waals surface area (Å²) in [7, 11) is -3.65. The number of carbonyl (C=O) groups excluding carboxylic acids is 2. The fourth-order valence-corrected chi connectivity index (χ4v) is 3.06. The van der Waals surface area contributed by atoms with Gasteiger partial charge in [-0.2, -0.15) is 8.42 Å². The first kappa shape index (κ1) is 22.5. The van der Waals surface area contributed by atoms with Gasteiger partial charge in [-0.05, 0) is 43.7 Å². The minimum absolute atomic E-state index is 0.0000530. The van der Waals surface area contributed by atoms with E-state index in [4.69, 9.17) is 13.3 Å². The fraction of sp³-hybridized carbons (Fsp3) is 0.400.